The third-order valence-corrected chi connectivity index (χ3v) is 10.3. The van der Waals surface area contributed by atoms with E-state index >= 15 is 0 Å². The van der Waals surface area contributed by atoms with Gasteiger partial charge in [-0.1, -0.05) is 20.8 Å². The third-order valence-electron chi connectivity index (χ3n) is 8.37. The van der Waals surface area contributed by atoms with Crippen LogP contribution in [-0.4, -0.2) is 51.6 Å². The Labute approximate surface area is 209 Å². The van der Waals surface area contributed by atoms with E-state index < -0.39 is 6.10 Å². The molecule has 2 aliphatic carbocycles. The fourth-order valence-electron chi connectivity index (χ4n) is 6.51. The van der Waals surface area contributed by atoms with Gasteiger partial charge in [0.1, 0.15) is 5.82 Å². The van der Waals surface area contributed by atoms with Crippen molar-refractivity contribution in [1.29, 1.82) is 0 Å². The predicted octanol–water partition coefficient (Wildman–Crippen LogP) is 5.29. The van der Waals surface area contributed by atoms with Crippen molar-refractivity contribution in [2.45, 2.75) is 52.1 Å². The van der Waals surface area contributed by atoms with Crippen LogP contribution in [0.25, 0.3) is 0 Å². The molecule has 2 fully saturated rings. The molecule has 8 heteroatoms. The molecule has 34 heavy (non-hydrogen) atoms. The highest BCUT2D eigenvalue weighted by Gasteiger charge is 2.54. The number of amides is 1. The largest absolute Gasteiger partial charge is 0.392 e. The maximum absolute atomic E-state index is 13.3. The second kappa shape index (κ2) is 9.43. The Kier molecular flexibility index (Phi) is 6.68. The summed E-state index contributed by atoms with van der Waals surface area (Å²) in [5.74, 6) is 1.96. The number of anilines is 2. The number of nitrogens with zero attached hydrogens (tertiary/aromatic N) is 2. The van der Waals surface area contributed by atoms with Gasteiger partial charge in [-0.3, -0.25) is 4.79 Å². The molecule has 1 aromatic carbocycles. The van der Waals surface area contributed by atoms with Crippen LogP contribution in [0.4, 0.5) is 15.2 Å². The van der Waals surface area contributed by atoms with Gasteiger partial charge in [0.15, 0.2) is 5.13 Å². The van der Waals surface area contributed by atoms with Gasteiger partial charge >= 0.3 is 0 Å². The van der Waals surface area contributed by atoms with Gasteiger partial charge in [0.25, 0.3) is 0 Å². The first-order valence-electron chi connectivity index (χ1n) is 12.3. The molecule has 0 radical (unpaired) electrons. The number of rotatable bonds is 4. The molecule has 1 saturated carbocycles. The lowest BCUT2D eigenvalue weighted by molar-refractivity contribution is -0.144. The number of hydrogen-bond donors (Lipinski definition) is 2. The molecule has 0 bridgehead atoms. The van der Waals surface area contributed by atoms with Gasteiger partial charge in [-0.05, 0) is 60.8 Å². The zero-order chi connectivity index (χ0) is 24.0. The summed E-state index contributed by atoms with van der Waals surface area (Å²) in [6, 6.07) is 6.31. The van der Waals surface area contributed by atoms with E-state index in [1.807, 2.05) is 23.6 Å². The quantitative estimate of drug-likeness (QED) is 0.594. The summed E-state index contributed by atoms with van der Waals surface area (Å²) in [7, 11) is 0. The molecule has 2 heterocycles. The van der Waals surface area contributed by atoms with Crippen LogP contribution in [0.2, 0.25) is 0 Å². The second-order valence-electron chi connectivity index (χ2n) is 10.5. The number of thiazole rings is 1. The van der Waals surface area contributed by atoms with Crippen LogP contribution >= 0.6 is 23.1 Å². The molecule has 3 aliphatic rings. The number of benzene rings is 1. The molecule has 0 unspecified atom stereocenters. The molecule has 1 saturated heterocycles. The topological polar surface area (TPSA) is 65.5 Å². The van der Waals surface area contributed by atoms with Crippen molar-refractivity contribution in [2.24, 2.45) is 23.2 Å². The van der Waals surface area contributed by atoms with Crippen molar-refractivity contribution < 1.29 is 14.3 Å². The minimum absolute atomic E-state index is 0.00740. The Morgan fingerprint density at radius 3 is 2.71 bits per heavy atom. The lowest BCUT2D eigenvalue weighted by atomic mass is 9.53. The molecule has 1 aromatic heterocycles. The van der Waals surface area contributed by atoms with E-state index in [0.29, 0.717) is 0 Å². The van der Waals surface area contributed by atoms with Crippen molar-refractivity contribution in [3.8, 4) is 0 Å². The normalized spacial score (nSPS) is 32.0. The van der Waals surface area contributed by atoms with Gasteiger partial charge in [-0.15, -0.1) is 11.3 Å². The number of nitrogens with one attached hydrogen (secondary N) is 1. The standard InChI is InChI=1S/C26H34FN3O2S2/c1-15(24(32)30-10-12-33-13-11-30)19-8-9-26(3)14-20-22(16(2)21(26)23(19)31)29-25(34-20)28-18-6-4-17(27)5-7-18/h4-7,15-16,19,21,23,31H,8-14H2,1-3H3,(H,28,29)/t15-,16-,19+,21+,23-,26-/m0/s1. The van der Waals surface area contributed by atoms with Crippen molar-refractivity contribution in [2.75, 3.05) is 29.9 Å². The zero-order valence-corrected chi connectivity index (χ0v) is 21.7. The number of halogens is 1. The van der Waals surface area contributed by atoms with Crippen LogP contribution in [0.5, 0.6) is 0 Å². The van der Waals surface area contributed by atoms with E-state index in [0.717, 1.165) is 60.4 Å². The molecule has 6 atom stereocenters. The average molecular weight is 504 g/mol. The first kappa shape index (κ1) is 24.1. The summed E-state index contributed by atoms with van der Waals surface area (Å²) in [5, 5.41) is 15.8. The highest BCUT2D eigenvalue weighted by Crippen LogP contribution is 2.57. The molecule has 5 rings (SSSR count). The molecule has 184 valence electrons. The van der Waals surface area contributed by atoms with E-state index in [-0.39, 0.29) is 40.8 Å². The summed E-state index contributed by atoms with van der Waals surface area (Å²) < 4.78 is 13.3. The minimum atomic E-state index is -0.518. The van der Waals surface area contributed by atoms with Crippen molar-refractivity contribution in [3.63, 3.8) is 0 Å². The number of thioether (sulfide) groups is 1. The number of carbonyl (C=O) groups excluding carboxylic acids is 1. The molecule has 1 amide bonds. The van der Waals surface area contributed by atoms with Crippen LogP contribution in [-0.2, 0) is 11.2 Å². The Bertz CT molecular complexity index is 1040. The first-order chi connectivity index (χ1) is 16.3. The molecule has 2 aromatic rings. The number of aromatic nitrogens is 1. The summed E-state index contributed by atoms with van der Waals surface area (Å²) in [5.41, 5.74) is 1.86. The molecule has 2 N–H and O–H groups in total. The van der Waals surface area contributed by atoms with Gasteiger partial charge in [0.2, 0.25) is 5.91 Å². The molecular weight excluding hydrogens is 469 g/mol. The molecule has 0 spiro atoms. The predicted molar refractivity (Wildman–Crippen MR) is 137 cm³/mol. The van der Waals surface area contributed by atoms with Crippen LogP contribution in [0.15, 0.2) is 24.3 Å². The second-order valence-corrected chi connectivity index (χ2v) is 12.8. The van der Waals surface area contributed by atoms with Crippen molar-refractivity contribution in [1.82, 2.24) is 9.88 Å². The molecular formula is C26H34FN3O2S2. The fraction of sp³-hybridized carbons (Fsp3) is 0.615. The number of aliphatic hydroxyl groups is 1. The summed E-state index contributed by atoms with van der Waals surface area (Å²) in [6.45, 7) is 8.15. The van der Waals surface area contributed by atoms with Crippen LogP contribution < -0.4 is 5.32 Å². The number of hydrogen-bond acceptors (Lipinski definition) is 6. The lowest BCUT2D eigenvalue weighted by Crippen LogP contribution is -2.54. The summed E-state index contributed by atoms with van der Waals surface area (Å²) in [4.78, 5) is 21.4. The van der Waals surface area contributed by atoms with Crippen LogP contribution in [0.3, 0.4) is 0 Å². The molecule has 1 aliphatic heterocycles. The van der Waals surface area contributed by atoms with Gasteiger partial charge in [-0.2, -0.15) is 11.8 Å². The third kappa shape index (κ3) is 4.37. The number of carbonyl (C=O) groups is 1. The van der Waals surface area contributed by atoms with Gasteiger partial charge in [0.05, 0.1) is 11.8 Å². The Morgan fingerprint density at radius 2 is 2.00 bits per heavy atom. The van der Waals surface area contributed by atoms with E-state index in [1.165, 1.54) is 17.0 Å². The molecule has 5 nitrogen and oxygen atoms in total. The van der Waals surface area contributed by atoms with E-state index in [1.54, 1.807) is 23.5 Å². The highest BCUT2D eigenvalue weighted by molar-refractivity contribution is 7.99. The average Bonchev–Trinajstić information content (AvgIpc) is 3.22. The Hall–Kier alpha value is -1.64. The maximum atomic E-state index is 13.3. The van der Waals surface area contributed by atoms with Crippen molar-refractivity contribution in [3.05, 3.63) is 40.7 Å². The fourth-order valence-corrected chi connectivity index (χ4v) is 8.70. The number of fused-ring (bicyclic) bond motifs is 2. The minimum Gasteiger partial charge on any atom is -0.392 e. The monoisotopic (exact) mass is 503 g/mol. The van der Waals surface area contributed by atoms with E-state index in [2.05, 4.69) is 19.2 Å². The lowest BCUT2D eigenvalue weighted by Gasteiger charge is -2.53. The Balaban J connectivity index is 1.35. The number of aliphatic hydroxyl groups excluding tert-OH is 1. The first-order valence-corrected chi connectivity index (χ1v) is 14.3. The SMILES string of the molecule is C[C@H](C(=O)N1CCSCC1)[C@H]1CC[C@@]2(C)Cc3sc(Nc4ccc(F)cc4)nc3[C@@H](C)[C@@H]2[C@H]1O. The summed E-state index contributed by atoms with van der Waals surface area (Å²) >= 11 is 3.57. The van der Waals surface area contributed by atoms with Gasteiger partial charge in [-0.25, -0.2) is 9.37 Å². The van der Waals surface area contributed by atoms with Crippen molar-refractivity contribution >= 4 is 39.8 Å². The van der Waals surface area contributed by atoms with E-state index in [9.17, 15) is 14.3 Å². The summed E-state index contributed by atoms with van der Waals surface area (Å²) in [6.07, 6.45) is 2.27. The highest BCUT2D eigenvalue weighted by atomic mass is 32.2. The van der Waals surface area contributed by atoms with E-state index in [4.69, 9.17) is 4.98 Å². The van der Waals surface area contributed by atoms with Gasteiger partial charge < -0.3 is 15.3 Å². The smallest absolute Gasteiger partial charge is 0.225 e. The maximum Gasteiger partial charge on any atom is 0.225 e. The van der Waals surface area contributed by atoms with Gasteiger partial charge in [0, 0.05) is 47.0 Å². The Morgan fingerprint density at radius 1 is 1.29 bits per heavy atom. The van der Waals surface area contributed by atoms with Crippen LogP contribution in [0, 0.1) is 29.0 Å². The van der Waals surface area contributed by atoms with Crippen LogP contribution in [0.1, 0.15) is 50.1 Å². The zero-order valence-electron chi connectivity index (χ0n) is 20.1.